The minimum absolute atomic E-state index is 0.0759. The molecule has 7 nitrogen and oxygen atoms in total. The van der Waals surface area contributed by atoms with Crippen LogP contribution in [0.2, 0.25) is 0 Å². The second-order valence-corrected chi connectivity index (χ2v) is 7.36. The summed E-state index contributed by atoms with van der Waals surface area (Å²) in [5, 5.41) is 17.1. The summed E-state index contributed by atoms with van der Waals surface area (Å²) in [7, 11) is 3.58. The van der Waals surface area contributed by atoms with Gasteiger partial charge in [-0.2, -0.15) is 5.26 Å². The molecule has 1 aliphatic heterocycles. The molecule has 1 atom stereocenters. The number of hydrogen-bond acceptors (Lipinski definition) is 5. The van der Waals surface area contributed by atoms with Gasteiger partial charge in [-0.15, -0.1) is 5.10 Å². The van der Waals surface area contributed by atoms with Gasteiger partial charge in [0.05, 0.1) is 27.9 Å². The molecule has 4 rings (SSSR count). The van der Waals surface area contributed by atoms with Crippen molar-refractivity contribution in [2.45, 2.75) is 5.92 Å². The van der Waals surface area contributed by atoms with Gasteiger partial charge >= 0.3 is 0 Å². The van der Waals surface area contributed by atoms with Crippen LogP contribution in [0.5, 0.6) is 11.6 Å². The Morgan fingerprint density at radius 1 is 1.41 bits per heavy atom. The first-order valence-corrected chi connectivity index (χ1v) is 9.23. The zero-order valence-electron chi connectivity index (χ0n) is 14.7. The van der Waals surface area contributed by atoms with Crippen LogP contribution in [-0.2, 0) is 7.05 Å². The summed E-state index contributed by atoms with van der Waals surface area (Å²) >= 11 is 2.22. The molecular formula is C19H16IN5O2. The number of aromatic amines is 1. The molecule has 0 aliphatic carbocycles. The molecule has 3 aromatic rings. The molecule has 3 N–H and O–H groups in total. The maximum Gasteiger partial charge on any atom is 0.244 e. The van der Waals surface area contributed by atoms with E-state index in [0.717, 1.165) is 31.7 Å². The number of ether oxygens (including phenoxy) is 2. The number of rotatable bonds is 3. The zero-order valence-corrected chi connectivity index (χ0v) is 16.8. The molecule has 136 valence electrons. The summed E-state index contributed by atoms with van der Waals surface area (Å²) in [6.07, 6.45) is 3.93. The van der Waals surface area contributed by atoms with Crippen molar-refractivity contribution in [2.24, 2.45) is 12.8 Å². The number of nitriles is 1. The predicted octanol–water partition coefficient (Wildman–Crippen LogP) is 3.25. The number of nitrogens with one attached hydrogen (secondary N) is 1. The lowest BCUT2D eigenvalue weighted by Gasteiger charge is -2.24. The van der Waals surface area contributed by atoms with Crippen molar-refractivity contribution < 1.29 is 9.47 Å². The Hall–Kier alpha value is -2.93. The maximum atomic E-state index is 9.76. The summed E-state index contributed by atoms with van der Waals surface area (Å²) in [5.41, 5.74) is 9.88. The first-order chi connectivity index (χ1) is 13.0. The SMILES string of the molecule is COc1ccc(C2C(C#N)=C(N)Oc3n[nH]c(-c4ccn(C)c4)c32)cc1I. The Morgan fingerprint density at radius 3 is 2.85 bits per heavy atom. The van der Waals surface area contributed by atoms with Crippen LogP contribution in [0, 0.1) is 14.9 Å². The molecule has 3 heterocycles. The van der Waals surface area contributed by atoms with Crippen LogP contribution in [-0.4, -0.2) is 21.9 Å². The van der Waals surface area contributed by atoms with Gasteiger partial charge in [0.2, 0.25) is 11.8 Å². The lowest BCUT2D eigenvalue weighted by Crippen LogP contribution is -2.21. The minimum Gasteiger partial charge on any atom is -0.496 e. The van der Waals surface area contributed by atoms with E-state index in [1.54, 1.807) is 7.11 Å². The van der Waals surface area contributed by atoms with Crippen LogP contribution in [0.3, 0.4) is 0 Å². The molecule has 0 bridgehead atoms. The summed E-state index contributed by atoms with van der Waals surface area (Å²) < 4.78 is 13.9. The third-order valence-electron chi connectivity index (χ3n) is 4.57. The molecule has 8 heteroatoms. The van der Waals surface area contributed by atoms with Crippen molar-refractivity contribution in [1.29, 1.82) is 5.26 Å². The number of aromatic nitrogens is 3. The third-order valence-corrected chi connectivity index (χ3v) is 5.41. The number of halogens is 1. The number of hydrogen-bond donors (Lipinski definition) is 2. The van der Waals surface area contributed by atoms with Crippen LogP contribution in [0.4, 0.5) is 0 Å². The Kier molecular flexibility index (Phi) is 4.31. The van der Waals surface area contributed by atoms with Gasteiger partial charge in [-0.1, -0.05) is 6.07 Å². The van der Waals surface area contributed by atoms with Gasteiger partial charge in [-0.3, -0.25) is 5.10 Å². The highest BCUT2D eigenvalue weighted by Gasteiger charge is 2.36. The van der Waals surface area contributed by atoms with Gasteiger partial charge in [-0.25, -0.2) is 0 Å². The van der Waals surface area contributed by atoms with Crippen molar-refractivity contribution in [1.82, 2.24) is 14.8 Å². The van der Waals surface area contributed by atoms with Crippen LogP contribution in [0.25, 0.3) is 11.3 Å². The first-order valence-electron chi connectivity index (χ1n) is 8.15. The molecule has 1 aliphatic rings. The molecular weight excluding hydrogens is 457 g/mol. The Balaban J connectivity index is 1.94. The average molecular weight is 473 g/mol. The van der Waals surface area contributed by atoms with Gasteiger partial charge in [0.1, 0.15) is 17.4 Å². The van der Waals surface area contributed by atoms with Crippen molar-refractivity contribution in [3.05, 3.63) is 62.8 Å². The lowest BCUT2D eigenvalue weighted by molar-refractivity contribution is 0.379. The highest BCUT2D eigenvalue weighted by atomic mass is 127. The fourth-order valence-electron chi connectivity index (χ4n) is 3.31. The maximum absolute atomic E-state index is 9.76. The van der Waals surface area contributed by atoms with Crippen LogP contribution in [0.15, 0.2) is 48.1 Å². The monoisotopic (exact) mass is 473 g/mol. The zero-order chi connectivity index (χ0) is 19.1. The van der Waals surface area contributed by atoms with Gasteiger partial charge < -0.3 is 19.8 Å². The minimum atomic E-state index is -0.382. The van der Waals surface area contributed by atoms with E-state index in [9.17, 15) is 5.26 Å². The largest absolute Gasteiger partial charge is 0.496 e. The van der Waals surface area contributed by atoms with E-state index >= 15 is 0 Å². The third kappa shape index (κ3) is 2.84. The van der Waals surface area contributed by atoms with E-state index in [4.69, 9.17) is 15.2 Å². The van der Waals surface area contributed by atoms with E-state index in [0.29, 0.717) is 11.5 Å². The van der Waals surface area contributed by atoms with Crippen molar-refractivity contribution in [3.8, 4) is 29.0 Å². The van der Waals surface area contributed by atoms with E-state index in [-0.39, 0.29) is 11.8 Å². The average Bonchev–Trinajstić information content (AvgIpc) is 3.26. The van der Waals surface area contributed by atoms with Crippen molar-refractivity contribution in [2.75, 3.05) is 7.11 Å². The fraction of sp³-hybridized carbons (Fsp3) is 0.158. The van der Waals surface area contributed by atoms with Crippen molar-refractivity contribution >= 4 is 22.6 Å². The van der Waals surface area contributed by atoms with E-state index in [1.807, 2.05) is 48.3 Å². The number of H-pyrrole nitrogens is 1. The molecule has 0 saturated carbocycles. The number of fused-ring (bicyclic) bond motifs is 1. The number of allylic oxidation sites excluding steroid dienone is 1. The number of methoxy groups -OCH3 is 1. The molecule has 0 saturated heterocycles. The molecule has 0 spiro atoms. The van der Waals surface area contributed by atoms with Gasteiger partial charge in [0.15, 0.2) is 0 Å². The smallest absolute Gasteiger partial charge is 0.244 e. The highest BCUT2D eigenvalue weighted by Crippen LogP contribution is 2.46. The van der Waals surface area contributed by atoms with Gasteiger partial charge in [0, 0.05) is 25.0 Å². The van der Waals surface area contributed by atoms with E-state index < -0.39 is 0 Å². The summed E-state index contributed by atoms with van der Waals surface area (Å²) in [6, 6.07) is 10.0. The number of benzene rings is 1. The Labute approximate surface area is 169 Å². The highest BCUT2D eigenvalue weighted by molar-refractivity contribution is 14.1. The van der Waals surface area contributed by atoms with Gasteiger partial charge in [-0.05, 0) is 46.4 Å². The molecule has 0 fully saturated rings. The van der Waals surface area contributed by atoms with Crippen LogP contribution in [0.1, 0.15) is 17.0 Å². The molecule has 2 aromatic heterocycles. The molecule has 0 radical (unpaired) electrons. The van der Waals surface area contributed by atoms with Crippen LogP contribution < -0.4 is 15.2 Å². The fourth-order valence-corrected chi connectivity index (χ4v) is 4.07. The molecule has 1 unspecified atom stereocenters. The number of aryl methyl sites for hydroxylation is 1. The number of nitrogens with zero attached hydrogens (tertiary/aromatic N) is 3. The van der Waals surface area contributed by atoms with E-state index in [2.05, 4.69) is 38.9 Å². The Bertz CT molecular complexity index is 1110. The Morgan fingerprint density at radius 2 is 2.22 bits per heavy atom. The first kappa shape index (κ1) is 17.5. The summed E-state index contributed by atoms with van der Waals surface area (Å²) in [5.74, 6) is 0.859. The second kappa shape index (κ2) is 6.66. The second-order valence-electron chi connectivity index (χ2n) is 6.20. The molecule has 0 amide bonds. The standard InChI is InChI=1S/C19H16IN5O2/c1-25-6-5-11(9-25)17-16-15(10-3-4-14(26-2)13(20)7-10)12(8-21)18(22)27-19(16)24-23-17/h3-7,9,15H,22H2,1-2H3,(H,23,24). The molecule has 1 aromatic carbocycles. The van der Waals surface area contributed by atoms with Gasteiger partial charge in [0.25, 0.3) is 0 Å². The predicted molar refractivity (Wildman–Crippen MR) is 108 cm³/mol. The molecule has 27 heavy (non-hydrogen) atoms. The van der Waals surface area contributed by atoms with E-state index in [1.165, 1.54) is 0 Å². The van der Waals surface area contributed by atoms with Crippen molar-refractivity contribution in [3.63, 3.8) is 0 Å². The quantitative estimate of drug-likeness (QED) is 0.569. The normalized spacial score (nSPS) is 15.9. The summed E-state index contributed by atoms with van der Waals surface area (Å²) in [4.78, 5) is 0. The topological polar surface area (TPSA) is 102 Å². The lowest BCUT2D eigenvalue weighted by atomic mass is 9.83. The van der Waals surface area contributed by atoms with Crippen LogP contribution >= 0.6 is 22.6 Å². The number of nitrogens with two attached hydrogens (primary N) is 1. The summed E-state index contributed by atoms with van der Waals surface area (Å²) in [6.45, 7) is 0.